The fourth-order valence-electron chi connectivity index (χ4n) is 1.85. The van der Waals surface area contributed by atoms with Crippen LogP contribution in [-0.2, 0) is 10.0 Å². The van der Waals surface area contributed by atoms with E-state index >= 15 is 0 Å². The van der Waals surface area contributed by atoms with Crippen molar-refractivity contribution in [2.45, 2.75) is 0 Å². The molecule has 0 aromatic heterocycles. The Labute approximate surface area is 155 Å². The Bertz CT molecular complexity index is 901. The second-order valence-corrected chi connectivity index (χ2v) is 8.22. The Balaban J connectivity index is 2.31. The van der Waals surface area contributed by atoms with E-state index in [4.69, 9.17) is 34.8 Å². The minimum Gasteiger partial charge on any atom is -0.322 e. The van der Waals surface area contributed by atoms with Gasteiger partial charge in [-0.15, -0.1) is 0 Å². The molecular weight excluding hydrogens is 395 g/mol. The van der Waals surface area contributed by atoms with Crippen molar-refractivity contribution in [3.8, 4) is 0 Å². The lowest BCUT2D eigenvalue weighted by Gasteiger charge is -2.18. The normalized spacial score (nSPS) is 11.2. The summed E-state index contributed by atoms with van der Waals surface area (Å²) in [6.07, 6.45) is 1.05. The van der Waals surface area contributed by atoms with Crippen molar-refractivity contribution in [3.05, 3.63) is 57.0 Å². The van der Waals surface area contributed by atoms with Crippen molar-refractivity contribution < 1.29 is 13.2 Å². The molecule has 0 unspecified atom stereocenters. The van der Waals surface area contributed by atoms with Crippen LogP contribution in [0.25, 0.3) is 0 Å². The average molecular weight is 408 g/mol. The van der Waals surface area contributed by atoms with Crippen LogP contribution in [0.15, 0.2) is 36.4 Å². The maximum atomic E-state index is 12.3. The van der Waals surface area contributed by atoms with E-state index in [1.165, 1.54) is 31.3 Å². The molecule has 0 spiro atoms. The topological polar surface area (TPSA) is 66.5 Å². The highest BCUT2D eigenvalue weighted by molar-refractivity contribution is 7.92. The lowest BCUT2D eigenvalue weighted by Crippen LogP contribution is -2.25. The second-order valence-electron chi connectivity index (χ2n) is 4.98. The molecule has 0 saturated carbocycles. The number of carbonyl (C=O) groups excluding carboxylic acids is 1. The summed E-state index contributed by atoms with van der Waals surface area (Å²) in [5, 5.41) is 3.56. The smallest absolute Gasteiger partial charge is 0.255 e. The fourth-order valence-corrected chi connectivity index (χ4v) is 2.95. The molecule has 2 aromatic carbocycles. The van der Waals surface area contributed by atoms with Gasteiger partial charge in [-0.25, -0.2) is 8.42 Å². The Kier molecular flexibility index (Phi) is 5.65. The zero-order chi connectivity index (χ0) is 18.1. The molecule has 0 saturated heterocycles. The van der Waals surface area contributed by atoms with Gasteiger partial charge < -0.3 is 5.32 Å². The summed E-state index contributed by atoms with van der Waals surface area (Å²) >= 11 is 17.8. The van der Waals surface area contributed by atoms with Gasteiger partial charge in [0.25, 0.3) is 5.91 Å². The van der Waals surface area contributed by atoms with Crippen molar-refractivity contribution in [1.29, 1.82) is 0 Å². The molecule has 0 aliphatic heterocycles. The molecule has 2 rings (SSSR count). The number of halogens is 3. The van der Waals surface area contributed by atoms with Crippen LogP contribution in [0.3, 0.4) is 0 Å². The minimum atomic E-state index is -3.51. The lowest BCUT2D eigenvalue weighted by atomic mass is 10.2. The van der Waals surface area contributed by atoms with Gasteiger partial charge >= 0.3 is 0 Å². The number of nitrogens with zero attached hydrogens (tertiary/aromatic N) is 1. The second kappa shape index (κ2) is 7.19. The van der Waals surface area contributed by atoms with Gasteiger partial charge in [-0.2, -0.15) is 0 Å². The van der Waals surface area contributed by atoms with Crippen molar-refractivity contribution >= 4 is 62.1 Å². The van der Waals surface area contributed by atoms with Crippen LogP contribution in [-0.4, -0.2) is 27.6 Å². The largest absolute Gasteiger partial charge is 0.322 e. The van der Waals surface area contributed by atoms with Crippen LogP contribution >= 0.6 is 34.8 Å². The Morgan fingerprint density at radius 2 is 1.62 bits per heavy atom. The van der Waals surface area contributed by atoms with E-state index in [1.807, 2.05) is 0 Å². The zero-order valence-corrected chi connectivity index (χ0v) is 15.8. The first-order valence-electron chi connectivity index (χ1n) is 6.59. The van der Waals surface area contributed by atoms with Crippen LogP contribution in [0, 0.1) is 0 Å². The molecule has 128 valence electrons. The first-order valence-corrected chi connectivity index (χ1v) is 9.57. The van der Waals surface area contributed by atoms with Gasteiger partial charge in [0.15, 0.2) is 0 Å². The predicted molar refractivity (Wildman–Crippen MR) is 99.1 cm³/mol. The third-order valence-electron chi connectivity index (χ3n) is 3.22. The van der Waals surface area contributed by atoms with Crippen molar-refractivity contribution in [1.82, 2.24) is 0 Å². The Hall–Kier alpha value is -1.47. The summed E-state index contributed by atoms with van der Waals surface area (Å²) in [7, 11) is -2.15. The van der Waals surface area contributed by atoms with Crippen LogP contribution in [0.1, 0.15) is 10.4 Å². The molecule has 24 heavy (non-hydrogen) atoms. The molecule has 0 heterocycles. The summed E-state index contributed by atoms with van der Waals surface area (Å²) in [4.78, 5) is 12.3. The summed E-state index contributed by atoms with van der Waals surface area (Å²) < 4.78 is 24.3. The number of amides is 1. The number of hydrogen-bond donors (Lipinski definition) is 1. The molecule has 0 aliphatic carbocycles. The lowest BCUT2D eigenvalue weighted by molar-refractivity contribution is 0.102. The highest BCUT2D eigenvalue weighted by Crippen LogP contribution is 2.29. The molecule has 2 aromatic rings. The number of nitrogens with one attached hydrogen (secondary N) is 1. The maximum absolute atomic E-state index is 12.3. The SMILES string of the molecule is CN(c1cc(C(=O)Nc2ccc(Cl)c(Cl)c2)ccc1Cl)S(C)(=O)=O. The van der Waals surface area contributed by atoms with Gasteiger partial charge in [-0.3, -0.25) is 9.10 Å². The molecule has 0 atom stereocenters. The molecule has 0 fully saturated rings. The van der Waals surface area contributed by atoms with Crippen LogP contribution in [0.4, 0.5) is 11.4 Å². The monoisotopic (exact) mass is 406 g/mol. The summed E-state index contributed by atoms with van der Waals surface area (Å²) in [5.41, 5.74) is 0.916. The number of benzene rings is 2. The molecule has 0 radical (unpaired) electrons. The standard InChI is InChI=1S/C15H13Cl3N2O3S/c1-20(24(2,22)23)14-7-9(3-5-12(14)17)15(21)19-10-4-6-11(16)13(18)8-10/h3-8H,1-2H3,(H,19,21). The van der Waals surface area contributed by atoms with E-state index in [0.717, 1.165) is 10.6 Å². The first-order chi connectivity index (χ1) is 11.1. The van der Waals surface area contributed by atoms with Gasteiger partial charge in [0.1, 0.15) is 0 Å². The minimum absolute atomic E-state index is 0.209. The Morgan fingerprint density at radius 1 is 1.00 bits per heavy atom. The van der Waals surface area contributed by atoms with E-state index in [0.29, 0.717) is 15.7 Å². The number of anilines is 2. The molecule has 5 nitrogen and oxygen atoms in total. The van der Waals surface area contributed by atoms with E-state index in [9.17, 15) is 13.2 Å². The molecule has 0 aliphatic rings. The predicted octanol–water partition coefficient (Wildman–Crippen LogP) is 4.29. The third-order valence-corrected chi connectivity index (χ3v) is 5.47. The van der Waals surface area contributed by atoms with Crippen LogP contribution < -0.4 is 9.62 Å². The van der Waals surface area contributed by atoms with E-state index in [1.54, 1.807) is 12.1 Å². The average Bonchev–Trinajstić information content (AvgIpc) is 2.49. The van der Waals surface area contributed by atoms with E-state index < -0.39 is 15.9 Å². The molecule has 1 N–H and O–H groups in total. The maximum Gasteiger partial charge on any atom is 0.255 e. The zero-order valence-electron chi connectivity index (χ0n) is 12.7. The van der Waals surface area contributed by atoms with Gasteiger partial charge in [-0.05, 0) is 36.4 Å². The van der Waals surface area contributed by atoms with E-state index in [-0.39, 0.29) is 16.3 Å². The number of hydrogen-bond acceptors (Lipinski definition) is 3. The van der Waals surface area contributed by atoms with Crippen molar-refractivity contribution in [2.24, 2.45) is 0 Å². The number of carbonyl (C=O) groups is 1. The molecule has 0 bridgehead atoms. The van der Waals surface area contributed by atoms with Gasteiger partial charge in [0.05, 0.1) is 27.0 Å². The van der Waals surface area contributed by atoms with Gasteiger partial charge in [-0.1, -0.05) is 34.8 Å². The van der Waals surface area contributed by atoms with Crippen molar-refractivity contribution in [2.75, 3.05) is 22.9 Å². The summed E-state index contributed by atoms with van der Waals surface area (Å²) in [5.74, 6) is -0.437. The highest BCUT2D eigenvalue weighted by atomic mass is 35.5. The number of rotatable bonds is 4. The third kappa shape index (κ3) is 4.33. The first kappa shape index (κ1) is 18.9. The highest BCUT2D eigenvalue weighted by Gasteiger charge is 2.17. The van der Waals surface area contributed by atoms with Gasteiger partial charge in [0.2, 0.25) is 10.0 Å². The van der Waals surface area contributed by atoms with Crippen LogP contribution in [0.5, 0.6) is 0 Å². The molecule has 9 heteroatoms. The summed E-state index contributed by atoms with van der Waals surface area (Å²) in [6.45, 7) is 0. The fraction of sp³-hybridized carbons (Fsp3) is 0.133. The van der Waals surface area contributed by atoms with Crippen LogP contribution in [0.2, 0.25) is 15.1 Å². The Morgan fingerprint density at radius 3 is 2.21 bits per heavy atom. The van der Waals surface area contributed by atoms with Gasteiger partial charge in [0, 0.05) is 18.3 Å². The quantitative estimate of drug-likeness (QED) is 0.822. The van der Waals surface area contributed by atoms with E-state index in [2.05, 4.69) is 5.32 Å². The van der Waals surface area contributed by atoms with Crippen molar-refractivity contribution in [3.63, 3.8) is 0 Å². The summed E-state index contributed by atoms with van der Waals surface area (Å²) in [6, 6.07) is 9.03. The molecule has 1 amide bonds. The number of sulfonamides is 1. The molecular formula is C15H13Cl3N2O3S.